The Balaban J connectivity index is 3.04. The molecule has 0 radical (unpaired) electrons. The summed E-state index contributed by atoms with van der Waals surface area (Å²) in [6.45, 7) is 8.08. The number of carbonyl (C=O) groups is 1. The number of carboxylic acid groups (broad SMARTS) is 1. The number of nitrogen functional groups attached to an aromatic ring is 1. The van der Waals surface area contributed by atoms with Crippen LogP contribution in [0.3, 0.4) is 0 Å². The molecule has 0 aliphatic rings. The van der Waals surface area contributed by atoms with E-state index in [2.05, 4.69) is 25.7 Å². The molecule has 0 unspecified atom stereocenters. The van der Waals surface area contributed by atoms with E-state index < -0.39 is 5.97 Å². The van der Waals surface area contributed by atoms with Gasteiger partial charge in [-0.1, -0.05) is 13.8 Å². The Kier molecular flexibility index (Phi) is 4.37. The van der Waals surface area contributed by atoms with E-state index in [4.69, 9.17) is 10.8 Å². The van der Waals surface area contributed by atoms with Gasteiger partial charge in [-0.2, -0.15) is 0 Å². The van der Waals surface area contributed by atoms with Crippen LogP contribution in [-0.4, -0.2) is 24.2 Å². The molecule has 0 atom stereocenters. The lowest BCUT2D eigenvalue weighted by Gasteiger charge is -2.25. The Morgan fingerprint density at radius 2 is 2.12 bits per heavy atom. The second kappa shape index (κ2) is 5.57. The van der Waals surface area contributed by atoms with Crippen LogP contribution in [0.2, 0.25) is 0 Å². The van der Waals surface area contributed by atoms with E-state index in [1.54, 1.807) is 12.1 Å². The zero-order valence-corrected chi connectivity index (χ0v) is 10.6. The smallest absolute Gasteiger partial charge is 0.337 e. The number of carboxylic acids is 1. The molecule has 0 spiro atoms. The Bertz CT molecular complexity index is 402. The number of hydrogen-bond acceptors (Lipinski definition) is 3. The number of aromatic carboxylic acids is 1. The van der Waals surface area contributed by atoms with Gasteiger partial charge in [-0.3, -0.25) is 0 Å². The molecule has 94 valence electrons. The Labute approximate surface area is 102 Å². The lowest BCUT2D eigenvalue weighted by molar-refractivity contribution is 0.0698. The topological polar surface area (TPSA) is 66.6 Å². The highest BCUT2D eigenvalue weighted by molar-refractivity contribution is 5.94. The maximum absolute atomic E-state index is 11.0. The quantitative estimate of drug-likeness (QED) is 0.771. The number of anilines is 2. The summed E-state index contributed by atoms with van der Waals surface area (Å²) in [5.74, 6) is -0.453. The first-order valence-corrected chi connectivity index (χ1v) is 5.83. The highest BCUT2D eigenvalue weighted by Crippen LogP contribution is 2.22. The van der Waals surface area contributed by atoms with E-state index in [9.17, 15) is 4.79 Å². The number of rotatable bonds is 5. The molecular weight excluding hydrogens is 216 g/mol. The largest absolute Gasteiger partial charge is 0.478 e. The molecule has 0 fully saturated rings. The lowest BCUT2D eigenvalue weighted by atomic mass is 10.1. The van der Waals surface area contributed by atoms with Gasteiger partial charge in [0.25, 0.3) is 0 Å². The molecule has 1 rings (SSSR count). The van der Waals surface area contributed by atoms with Crippen molar-refractivity contribution in [3.8, 4) is 0 Å². The summed E-state index contributed by atoms with van der Waals surface area (Å²) in [7, 11) is 0. The highest BCUT2D eigenvalue weighted by Gasteiger charge is 2.12. The van der Waals surface area contributed by atoms with Crippen molar-refractivity contribution in [3.05, 3.63) is 23.8 Å². The number of benzene rings is 1. The fraction of sp³-hybridized carbons (Fsp3) is 0.462. The van der Waals surface area contributed by atoms with E-state index in [-0.39, 0.29) is 5.56 Å². The van der Waals surface area contributed by atoms with Crippen LogP contribution in [0, 0.1) is 5.92 Å². The molecule has 3 N–H and O–H groups in total. The minimum absolute atomic E-state index is 0.171. The Morgan fingerprint density at radius 1 is 1.47 bits per heavy atom. The van der Waals surface area contributed by atoms with Gasteiger partial charge < -0.3 is 15.7 Å². The SMILES string of the molecule is CCN(CC(C)C)c1ccc(N)c(C(=O)O)c1. The van der Waals surface area contributed by atoms with Crippen LogP contribution in [0.15, 0.2) is 18.2 Å². The van der Waals surface area contributed by atoms with Gasteiger partial charge in [0.2, 0.25) is 0 Å². The fourth-order valence-electron chi connectivity index (χ4n) is 1.78. The molecule has 0 amide bonds. The van der Waals surface area contributed by atoms with Crippen LogP contribution in [0.1, 0.15) is 31.1 Å². The molecule has 0 saturated heterocycles. The van der Waals surface area contributed by atoms with Crippen molar-refractivity contribution in [1.82, 2.24) is 0 Å². The van der Waals surface area contributed by atoms with E-state index in [1.165, 1.54) is 0 Å². The van der Waals surface area contributed by atoms with Crippen molar-refractivity contribution in [1.29, 1.82) is 0 Å². The van der Waals surface area contributed by atoms with Crippen LogP contribution in [0.4, 0.5) is 11.4 Å². The highest BCUT2D eigenvalue weighted by atomic mass is 16.4. The summed E-state index contributed by atoms with van der Waals surface area (Å²) in [6.07, 6.45) is 0. The number of nitrogens with zero attached hydrogens (tertiary/aromatic N) is 1. The summed E-state index contributed by atoms with van der Waals surface area (Å²) in [5.41, 5.74) is 7.02. The average molecular weight is 236 g/mol. The van der Waals surface area contributed by atoms with E-state index in [0.29, 0.717) is 11.6 Å². The van der Waals surface area contributed by atoms with Gasteiger partial charge in [-0.25, -0.2) is 4.79 Å². The first kappa shape index (κ1) is 13.4. The first-order chi connectivity index (χ1) is 7.95. The summed E-state index contributed by atoms with van der Waals surface area (Å²) >= 11 is 0. The third kappa shape index (κ3) is 3.37. The molecule has 4 nitrogen and oxygen atoms in total. The maximum Gasteiger partial charge on any atom is 0.337 e. The van der Waals surface area contributed by atoms with Crippen molar-refractivity contribution in [2.24, 2.45) is 5.92 Å². The molecule has 0 bridgehead atoms. The molecule has 1 aromatic carbocycles. The zero-order valence-electron chi connectivity index (χ0n) is 10.6. The number of nitrogens with two attached hydrogens (primary N) is 1. The molecule has 17 heavy (non-hydrogen) atoms. The van der Waals surface area contributed by atoms with Gasteiger partial charge in [-0.15, -0.1) is 0 Å². The number of hydrogen-bond donors (Lipinski definition) is 2. The van der Waals surface area contributed by atoms with Crippen LogP contribution in [0.5, 0.6) is 0 Å². The van der Waals surface area contributed by atoms with Gasteiger partial charge in [0.1, 0.15) is 0 Å². The maximum atomic E-state index is 11.0. The van der Waals surface area contributed by atoms with Crippen molar-refractivity contribution >= 4 is 17.3 Å². The van der Waals surface area contributed by atoms with Crippen molar-refractivity contribution in [3.63, 3.8) is 0 Å². The van der Waals surface area contributed by atoms with Crippen LogP contribution < -0.4 is 10.6 Å². The summed E-state index contributed by atoms with van der Waals surface area (Å²) in [4.78, 5) is 13.2. The summed E-state index contributed by atoms with van der Waals surface area (Å²) in [6, 6.07) is 5.17. The van der Waals surface area contributed by atoms with E-state index >= 15 is 0 Å². The molecular formula is C13H20N2O2. The second-order valence-electron chi connectivity index (χ2n) is 4.51. The monoisotopic (exact) mass is 236 g/mol. The van der Waals surface area contributed by atoms with Gasteiger partial charge in [0.05, 0.1) is 5.56 Å². The molecule has 0 heterocycles. The van der Waals surface area contributed by atoms with Gasteiger partial charge in [-0.05, 0) is 31.0 Å². The molecule has 0 aliphatic heterocycles. The fourth-order valence-corrected chi connectivity index (χ4v) is 1.78. The predicted octanol–water partition coefficient (Wildman–Crippen LogP) is 2.45. The standard InChI is InChI=1S/C13H20N2O2/c1-4-15(8-9(2)3)10-5-6-12(14)11(7-10)13(16)17/h5-7,9H,4,8,14H2,1-3H3,(H,16,17). The Hall–Kier alpha value is -1.71. The molecule has 0 saturated carbocycles. The van der Waals surface area contributed by atoms with Gasteiger partial charge in [0.15, 0.2) is 0 Å². The van der Waals surface area contributed by atoms with Crippen molar-refractivity contribution in [2.45, 2.75) is 20.8 Å². The normalized spacial score (nSPS) is 10.6. The lowest BCUT2D eigenvalue weighted by Crippen LogP contribution is -2.27. The first-order valence-electron chi connectivity index (χ1n) is 5.83. The van der Waals surface area contributed by atoms with E-state index in [0.717, 1.165) is 18.8 Å². The summed E-state index contributed by atoms with van der Waals surface area (Å²) < 4.78 is 0. The average Bonchev–Trinajstić information content (AvgIpc) is 2.26. The minimum Gasteiger partial charge on any atom is -0.478 e. The van der Waals surface area contributed by atoms with Gasteiger partial charge >= 0.3 is 5.97 Å². The Morgan fingerprint density at radius 3 is 2.59 bits per heavy atom. The van der Waals surface area contributed by atoms with E-state index in [1.807, 2.05) is 6.07 Å². The van der Waals surface area contributed by atoms with Crippen molar-refractivity contribution in [2.75, 3.05) is 23.7 Å². The van der Waals surface area contributed by atoms with Crippen LogP contribution in [0.25, 0.3) is 0 Å². The summed E-state index contributed by atoms with van der Waals surface area (Å²) in [5, 5.41) is 9.03. The molecule has 0 aliphatic carbocycles. The predicted molar refractivity (Wildman–Crippen MR) is 70.5 cm³/mol. The molecule has 1 aromatic rings. The van der Waals surface area contributed by atoms with Crippen LogP contribution in [-0.2, 0) is 0 Å². The van der Waals surface area contributed by atoms with Crippen LogP contribution >= 0.6 is 0 Å². The molecule has 4 heteroatoms. The second-order valence-corrected chi connectivity index (χ2v) is 4.51. The third-order valence-electron chi connectivity index (χ3n) is 2.60. The van der Waals surface area contributed by atoms with Gasteiger partial charge in [0, 0.05) is 24.5 Å². The molecule has 0 aromatic heterocycles. The minimum atomic E-state index is -0.982. The zero-order chi connectivity index (χ0) is 13.0. The third-order valence-corrected chi connectivity index (χ3v) is 2.60. The van der Waals surface area contributed by atoms with Crippen molar-refractivity contribution < 1.29 is 9.90 Å².